The standard InChI is InChI=1S/C11H12N2/c1-3-8(2)11-12-9-6-4-5-7-10(9)13-11/h4-7H,2-3H2,1H3,(H,12,13). The fraction of sp³-hybridized carbons (Fsp3) is 0.182. The molecule has 0 atom stereocenters. The smallest absolute Gasteiger partial charge is 0.133 e. The Kier molecular flexibility index (Phi) is 1.89. The number of para-hydroxylation sites is 2. The maximum Gasteiger partial charge on any atom is 0.133 e. The van der Waals surface area contributed by atoms with Crippen molar-refractivity contribution in [3.05, 3.63) is 36.7 Å². The minimum absolute atomic E-state index is 0.906. The largest absolute Gasteiger partial charge is 0.338 e. The Morgan fingerprint density at radius 3 is 2.92 bits per heavy atom. The number of aromatic amines is 1. The molecule has 1 aromatic carbocycles. The molecule has 1 aromatic heterocycles. The van der Waals surface area contributed by atoms with Crippen LogP contribution in [-0.2, 0) is 0 Å². The van der Waals surface area contributed by atoms with E-state index in [-0.39, 0.29) is 0 Å². The first kappa shape index (κ1) is 8.05. The summed E-state index contributed by atoms with van der Waals surface area (Å²) in [4.78, 5) is 7.66. The van der Waals surface area contributed by atoms with Gasteiger partial charge in [0.2, 0.25) is 0 Å². The highest BCUT2D eigenvalue weighted by molar-refractivity contribution is 5.78. The van der Waals surface area contributed by atoms with Gasteiger partial charge >= 0.3 is 0 Å². The zero-order valence-electron chi connectivity index (χ0n) is 7.67. The van der Waals surface area contributed by atoms with Gasteiger partial charge in [0, 0.05) is 0 Å². The second-order valence-corrected chi connectivity index (χ2v) is 3.06. The lowest BCUT2D eigenvalue weighted by atomic mass is 10.2. The average molecular weight is 172 g/mol. The molecule has 1 N–H and O–H groups in total. The van der Waals surface area contributed by atoms with Gasteiger partial charge in [-0.25, -0.2) is 4.98 Å². The summed E-state index contributed by atoms with van der Waals surface area (Å²) >= 11 is 0. The molecule has 0 saturated carbocycles. The van der Waals surface area contributed by atoms with E-state index in [0.717, 1.165) is 28.9 Å². The summed E-state index contributed by atoms with van der Waals surface area (Å²) in [7, 11) is 0. The molecule has 2 rings (SSSR count). The highest BCUT2D eigenvalue weighted by Crippen LogP contribution is 2.16. The van der Waals surface area contributed by atoms with Gasteiger partial charge in [-0.3, -0.25) is 0 Å². The first-order valence-corrected chi connectivity index (χ1v) is 4.44. The lowest BCUT2D eigenvalue weighted by Crippen LogP contribution is -1.82. The van der Waals surface area contributed by atoms with Gasteiger partial charge in [0.25, 0.3) is 0 Å². The molecular formula is C11H12N2. The van der Waals surface area contributed by atoms with E-state index in [9.17, 15) is 0 Å². The summed E-state index contributed by atoms with van der Waals surface area (Å²) in [5.74, 6) is 0.906. The number of hydrogen-bond donors (Lipinski definition) is 1. The van der Waals surface area contributed by atoms with E-state index in [1.54, 1.807) is 0 Å². The van der Waals surface area contributed by atoms with Gasteiger partial charge in [0.1, 0.15) is 5.82 Å². The summed E-state index contributed by atoms with van der Waals surface area (Å²) in [5.41, 5.74) is 3.13. The predicted molar refractivity (Wildman–Crippen MR) is 55.4 cm³/mol. The number of hydrogen-bond acceptors (Lipinski definition) is 1. The Hall–Kier alpha value is -1.57. The average Bonchev–Trinajstić information content (AvgIpc) is 2.59. The fourth-order valence-corrected chi connectivity index (χ4v) is 1.29. The summed E-state index contributed by atoms with van der Waals surface area (Å²) in [6.45, 7) is 6.02. The Bertz CT molecular complexity index is 407. The number of fused-ring (bicyclic) bond motifs is 1. The fourth-order valence-electron chi connectivity index (χ4n) is 1.29. The van der Waals surface area contributed by atoms with Crippen molar-refractivity contribution in [1.29, 1.82) is 0 Å². The first-order chi connectivity index (χ1) is 6.31. The Balaban J connectivity index is 2.56. The molecule has 0 radical (unpaired) electrons. The molecule has 0 aliphatic heterocycles. The Morgan fingerprint density at radius 2 is 2.23 bits per heavy atom. The maximum absolute atomic E-state index is 4.43. The Morgan fingerprint density at radius 1 is 1.46 bits per heavy atom. The summed E-state index contributed by atoms with van der Waals surface area (Å²) in [5, 5.41) is 0. The van der Waals surface area contributed by atoms with Crippen LogP contribution in [-0.4, -0.2) is 9.97 Å². The van der Waals surface area contributed by atoms with Crippen molar-refractivity contribution in [2.24, 2.45) is 0 Å². The van der Waals surface area contributed by atoms with Crippen molar-refractivity contribution in [3.8, 4) is 0 Å². The molecule has 0 spiro atoms. The SMILES string of the molecule is C=C(CC)c1nc2ccccc2[nH]1. The normalized spacial score (nSPS) is 10.5. The number of rotatable bonds is 2. The van der Waals surface area contributed by atoms with Crippen LogP contribution in [0.1, 0.15) is 19.2 Å². The van der Waals surface area contributed by atoms with Gasteiger partial charge in [-0.1, -0.05) is 25.6 Å². The van der Waals surface area contributed by atoms with Crippen molar-refractivity contribution in [3.63, 3.8) is 0 Å². The Labute approximate surface area is 77.3 Å². The van der Waals surface area contributed by atoms with Gasteiger partial charge in [-0.05, 0) is 24.1 Å². The highest BCUT2D eigenvalue weighted by atomic mass is 14.9. The van der Waals surface area contributed by atoms with Gasteiger partial charge in [0.15, 0.2) is 0 Å². The second kappa shape index (κ2) is 3.05. The number of aromatic nitrogens is 2. The van der Waals surface area contributed by atoms with Crippen molar-refractivity contribution in [2.45, 2.75) is 13.3 Å². The van der Waals surface area contributed by atoms with Crippen LogP contribution >= 0.6 is 0 Å². The van der Waals surface area contributed by atoms with Crippen molar-refractivity contribution >= 4 is 16.6 Å². The lowest BCUT2D eigenvalue weighted by molar-refractivity contribution is 1.16. The van der Waals surface area contributed by atoms with Gasteiger partial charge in [-0.2, -0.15) is 0 Å². The predicted octanol–water partition coefficient (Wildman–Crippen LogP) is 2.99. The molecule has 2 heteroatoms. The van der Waals surface area contributed by atoms with Crippen LogP contribution in [0.2, 0.25) is 0 Å². The number of nitrogens with zero attached hydrogens (tertiary/aromatic N) is 1. The van der Waals surface area contributed by atoms with E-state index in [1.807, 2.05) is 24.3 Å². The van der Waals surface area contributed by atoms with E-state index < -0.39 is 0 Å². The summed E-state index contributed by atoms with van der Waals surface area (Å²) in [6, 6.07) is 8.01. The van der Waals surface area contributed by atoms with Crippen LogP contribution in [0, 0.1) is 0 Å². The third-order valence-corrected chi connectivity index (χ3v) is 2.15. The molecule has 0 unspecified atom stereocenters. The van der Waals surface area contributed by atoms with E-state index in [1.165, 1.54) is 0 Å². The molecule has 0 amide bonds. The van der Waals surface area contributed by atoms with Crippen LogP contribution in [0.15, 0.2) is 30.8 Å². The van der Waals surface area contributed by atoms with E-state index >= 15 is 0 Å². The van der Waals surface area contributed by atoms with Crippen LogP contribution < -0.4 is 0 Å². The monoisotopic (exact) mass is 172 g/mol. The molecule has 1 heterocycles. The minimum Gasteiger partial charge on any atom is -0.338 e. The lowest BCUT2D eigenvalue weighted by Gasteiger charge is -1.93. The van der Waals surface area contributed by atoms with Crippen molar-refractivity contribution < 1.29 is 0 Å². The number of H-pyrrole nitrogens is 1. The number of nitrogens with one attached hydrogen (secondary N) is 1. The highest BCUT2D eigenvalue weighted by Gasteiger charge is 2.02. The van der Waals surface area contributed by atoms with Crippen LogP contribution in [0.25, 0.3) is 16.6 Å². The number of allylic oxidation sites excluding steroid dienone is 1. The topological polar surface area (TPSA) is 28.7 Å². The van der Waals surface area contributed by atoms with E-state index in [2.05, 4.69) is 23.5 Å². The van der Waals surface area contributed by atoms with Crippen molar-refractivity contribution in [1.82, 2.24) is 9.97 Å². The summed E-state index contributed by atoms with van der Waals surface area (Å²) in [6.07, 6.45) is 0.930. The third-order valence-electron chi connectivity index (χ3n) is 2.15. The van der Waals surface area contributed by atoms with Gasteiger partial charge < -0.3 is 4.98 Å². The quantitative estimate of drug-likeness (QED) is 0.741. The zero-order valence-corrected chi connectivity index (χ0v) is 7.67. The van der Waals surface area contributed by atoms with Gasteiger partial charge in [0.05, 0.1) is 11.0 Å². The maximum atomic E-state index is 4.43. The van der Waals surface area contributed by atoms with E-state index in [0.29, 0.717) is 0 Å². The van der Waals surface area contributed by atoms with Crippen LogP contribution in [0.5, 0.6) is 0 Å². The van der Waals surface area contributed by atoms with Crippen LogP contribution in [0.4, 0.5) is 0 Å². The second-order valence-electron chi connectivity index (χ2n) is 3.06. The molecule has 2 nitrogen and oxygen atoms in total. The first-order valence-electron chi connectivity index (χ1n) is 4.44. The van der Waals surface area contributed by atoms with Crippen molar-refractivity contribution in [2.75, 3.05) is 0 Å². The molecule has 2 aromatic rings. The summed E-state index contributed by atoms with van der Waals surface area (Å²) < 4.78 is 0. The van der Waals surface area contributed by atoms with Crippen LogP contribution in [0.3, 0.4) is 0 Å². The van der Waals surface area contributed by atoms with E-state index in [4.69, 9.17) is 0 Å². The zero-order chi connectivity index (χ0) is 9.26. The molecule has 0 aliphatic carbocycles. The molecule has 13 heavy (non-hydrogen) atoms. The molecule has 0 bridgehead atoms. The minimum atomic E-state index is 0.906. The molecule has 0 fully saturated rings. The third kappa shape index (κ3) is 1.35. The molecule has 0 saturated heterocycles. The number of benzene rings is 1. The number of imidazole rings is 1. The molecule has 0 aliphatic rings. The molecular weight excluding hydrogens is 160 g/mol. The van der Waals surface area contributed by atoms with Gasteiger partial charge in [-0.15, -0.1) is 0 Å². The molecule has 66 valence electrons.